The highest BCUT2D eigenvalue weighted by atomic mass is 35.5. The van der Waals surface area contributed by atoms with Crippen molar-refractivity contribution < 1.29 is 18.3 Å². The molecule has 138 valence electrons. The van der Waals surface area contributed by atoms with E-state index in [0.29, 0.717) is 6.54 Å². The summed E-state index contributed by atoms with van der Waals surface area (Å²) in [6.45, 7) is 3.81. The summed E-state index contributed by atoms with van der Waals surface area (Å²) in [5.41, 5.74) is -0.372. The second-order valence-electron chi connectivity index (χ2n) is 6.90. The van der Waals surface area contributed by atoms with E-state index in [2.05, 4.69) is 0 Å². The molecule has 3 nitrogen and oxygen atoms in total. The van der Waals surface area contributed by atoms with E-state index < -0.39 is 11.4 Å². The minimum atomic E-state index is -1.25. The van der Waals surface area contributed by atoms with Crippen LogP contribution in [0.15, 0.2) is 42.5 Å². The molecule has 1 aliphatic heterocycles. The van der Waals surface area contributed by atoms with Gasteiger partial charge in [0.1, 0.15) is 5.82 Å². The third kappa shape index (κ3) is 3.83. The van der Waals surface area contributed by atoms with Crippen molar-refractivity contribution in [1.29, 1.82) is 0 Å². The Morgan fingerprint density at radius 3 is 2.54 bits per heavy atom. The maximum atomic E-state index is 14.0. The number of hydrogen-bond donors (Lipinski definition) is 0. The molecular weight excluding hydrogens is 360 g/mol. The Hall–Kier alpha value is -2.14. The molecule has 2 aromatic carbocycles. The highest BCUT2D eigenvalue weighted by molar-refractivity contribution is 6.30. The number of ether oxygens (including phenoxy) is 1. The number of nitrogens with zero attached hydrogens (tertiary/aromatic N) is 1. The Labute approximate surface area is 156 Å². The molecule has 26 heavy (non-hydrogen) atoms. The summed E-state index contributed by atoms with van der Waals surface area (Å²) in [5, 5.41) is 0.259. The van der Waals surface area contributed by atoms with Crippen LogP contribution in [-0.4, -0.2) is 23.0 Å². The van der Waals surface area contributed by atoms with Crippen LogP contribution in [0.4, 0.5) is 8.78 Å². The molecule has 1 atom stereocenters. The van der Waals surface area contributed by atoms with Gasteiger partial charge in [0.15, 0.2) is 17.2 Å². The lowest BCUT2D eigenvalue weighted by Gasteiger charge is -2.33. The highest BCUT2D eigenvalue weighted by Gasteiger charge is 2.40. The first-order chi connectivity index (χ1) is 12.3. The topological polar surface area (TPSA) is 29.5 Å². The van der Waals surface area contributed by atoms with E-state index >= 15 is 0 Å². The van der Waals surface area contributed by atoms with E-state index in [4.69, 9.17) is 16.3 Å². The molecule has 0 unspecified atom stereocenters. The number of rotatable bonds is 4. The molecule has 0 aromatic heterocycles. The van der Waals surface area contributed by atoms with Gasteiger partial charge in [-0.25, -0.2) is 8.78 Å². The van der Waals surface area contributed by atoms with E-state index in [-0.39, 0.29) is 28.5 Å². The van der Waals surface area contributed by atoms with Crippen LogP contribution in [0.2, 0.25) is 5.02 Å². The molecular formula is C20H20ClF2NO2. The monoisotopic (exact) mass is 379 g/mol. The zero-order valence-electron chi connectivity index (χ0n) is 14.6. The number of carbonyl (C=O) groups is 1. The molecule has 1 amide bonds. The van der Waals surface area contributed by atoms with Gasteiger partial charge in [0.25, 0.3) is 5.91 Å². The lowest BCUT2D eigenvalue weighted by molar-refractivity contribution is -0.146. The standard InChI is InChI=1S/C20H20ClF2NO2/c1-20(2,26-18-10-7-14(21)12-16(18)23)19(25)24-11-3-4-17(24)13-5-8-15(22)9-6-13/h5-10,12,17H,3-4,11H2,1-2H3/t17-/m0/s1. The highest BCUT2D eigenvalue weighted by Crippen LogP contribution is 2.35. The molecule has 1 heterocycles. The van der Waals surface area contributed by atoms with Gasteiger partial charge in [-0.05, 0) is 62.6 Å². The molecule has 1 aliphatic rings. The minimum Gasteiger partial charge on any atom is -0.475 e. The molecule has 6 heteroatoms. The van der Waals surface area contributed by atoms with Crippen LogP contribution in [0.25, 0.3) is 0 Å². The van der Waals surface area contributed by atoms with E-state index in [1.807, 2.05) is 0 Å². The quantitative estimate of drug-likeness (QED) is 0.736. The maximum Gasteiger partial charge on any atom is 0.266 e. The van der Waals surface area contributed by atoms with Gasteiger partial charge in [-0.3, -0.25) is 4.79 Å². The van der Waals surface area contributed by atoms with Crippen molar-refractivity contribution in [3.63, 3.8) is 0 Å². The summed E-state index contributed by atoms with van der Waals surface area (Å²) in [7, 11) is 0. The predicted molar refractivity (Wildman–Crippen MR) is 96.2 cm³/mol. The summed E-state index contributed by atoms with van der Waals surface area (Å²) in [6, 6.07) is 10.1. The molecule has 0 radical (unpaired) electrons. The Balaban J connectivity index is 1.80. The van der Waals surface area contributed by atoms with E-state index in [1.165, 1.54) is 24.3 Å². The predicted octanol–water partition coefficient (Wildman–Crippen LogP) is 5.14. The lowest BCUT2D eigenvalue weighted by Crippen LogP contribution is -2.48. The van der Waals surface area contributed by atoms with Gasteiger partial charge in [0, 0.05) is 11.6 Å². The molecule has 1 saturated heterocycles. The van der Waals surface area contributed by atoms with Gasteiger partial charge in [-0.2, -0.15) is 0 Å². The Bertz CT molecular complexity index is 808. The molecule has 3 rings (SSSR count). The second kappa shape index (κ2) is 7.23. The molecule has 0 aliphatic carbocycles. The van der Waals surface area contributed by atoms with Gasteiger partial charge in [0.2, 0.25) is 0 Å². The largest absolute Gasteiger partial charge is 0.475 e. The summed E-state index contributed by atoms with van der Waals surface area (Å²) < 4.78 is 32.9. The van der Waals surface area contributed by atoms with Gasteiger partial charge < -0.3 is 9.64 Å². The van der Waals surface area contributed by atoms with Crippen molar-refractivity contribution in [3.8, 4) is 5.75 Å². The van der Waals surface area contributed by atoms with Gasteiger partial charge >= 0.3 is 0 Å². The molecule has 2 aromatic rings. The maximum absolute atomic E-state index is 14.0. The molecule has 0 spiro atoms. The minimum absolute atomic E-state index is 0.0229. The number of halogens is 3. The number of likely N-dealkylation sites (tertiary alicyclic amines) is 1. The third-order valence-corrected chi connectivity index (χ3v) is 4.78. The number of benzene rings is 2. The van der Waals surface area contributed by atoms with E-state index in [0.717, 1.165) is 24.5 Å². The van der Waals surface area contributed by atoms with Crippen LogP contribution in [0.5, 0.6) is 5.75 Å². The summed E-state index contributed by atoms with van der Waals surface area (Å²) >= 11 is 5.75. The number of amides is 1. The van der Waals surface area contributed by atoms with Crippen molar-refractivity contribution in [2.45, 2.75) is 38.3 Å². The van der Waals surface area contributed by atoms with Crippen LogP contribution in [0.1, 0.15) is 38.3 Å². The number of hydrogen-bond acceptors (Lipinski definition) is 2. The van der Waals surface area contributed by atoms with Crippen molar-refractivity contribution >= 4 is 17.5 Å². The fourth-order valence-electron chi connectivity index (χ4n) is 3.26. The summed E-state index contributed by atoms with van der Waals surface area (Å²) in [6.07, 6.45) is 1.64. The fraction of sp³-hybridized carbons (Fsp3) is 0.350. The SMILES string of the molecule is CC(C)(Oc1ccc(Cl)cc1F)C(=O)N1CCC[C@H]1c1ccc(F)cc1. The van der Waals surface area contributed by atoms with E-state index in [1.54, 1.807) is 30.9 Å². The first kappa shape index (κ1) is 18.6. The number of carbonyl (C=O) groups excluding carboxylic acids is 1. The molecule has 0 bridgehead atoms. The second-order valence-corrected chi connectivity index (χ2v) is 7.33. The van der Waals surface area contributed by atoms with Gasteiger partial charge in [-0.1, -0.05) is 23.7 Å². The lowest BCUT2D eigenvalue weighted by atomic mass is 10.0. The normalized spacial score (nSPS) is 17.4. The van der Waals surface area contributed by atoms with Crippen LogP contribution in [0.3, 0.4) is 0 Å². The zero-order chi connectivity index (χ0) is 18.9. The Morgan fingerprint density at radius 1 is 1.19 bits per heavy atom. The summed E-state index contributed by atoms with van der Waals surface area (Å²) in [5.74, 6) is -1.19. The smallest absolute Gasteiger partial charge is 0.266 e. The molecule has 1 fully saturated rings. The van der Waals surface area contributed by atoms with Crippen molar-refractivity contribution in [2.24, 2.45) is 0 Å². The first-order valence-corrected chi connectivity index (χ1v) is 8.86. The van der Waals surface area contributed by atoms with Crippen molar-refractivity contribution in [1.82, 2.24) is 4.90 Å². The van der Waals surface area contributed by atoms with Crippen LogP contribution in [-0.2, 0) is 4.79 Å². The van der Waals surface area contributed by atoms with Gasteiger partial charge in [-0.15, -0.1) is 0 Å². The zero-order valence-corrected chi connectivity index (χ0v) is 15.4. The fourth-order valence-corrected chi connectivity index (χ4v) is 3.42. The average molecular weight is 380 g/mol. The average Bonchev–Trinajstić information content (AvgIpc) is 3.07. The van der Waals surface area contributed by atoms with Crippen LogP contribution >= 0.6 is 11.6 Å². The van der Waals surface area contributed by atoms with Crippen molar-refractivity contribution in [2.75, 3.05) is 6.54 Å². The van der Waals surface area contributed by atoms with E-state index in [9.17, 15) is 13.6 Å². The van der Waals surface area contributed by atoms with Crippen LogP contribution < -0.4 is 4.74 Å². The first-order valence-electron chi connectivity index (χ1n) is 8.48. The van der Waals surface area contributed by atoms with Gasteiger partial charge in [0.05, 0.1) is 6.04 Å². The third-order valence-electron chi connectivity index (χ3n) is 4.54. The molecule has 0 N–H and O–H groups in total. The molecule has 0 saturated carbocycles. The Kier molecular flexibility index (Phi) is 5.19. The van der Waals surface area contributed by atoms with Crippen LogP contribution in [0, 0.1) is 11.6 Å². The summed E-state index contributed by atoms with van der Waals surface area (Å²) in [4.78, 5) is 14.8. The Morgan fingerprint density at radius 2 is 1.88 bits per heavy atom. The van der Waals surface area contributed by atoms with Crippen molar-refractivity contribution in [3.05, 3.63) is 64.7 Å².